The molecule has 2 N–H and O–H groups in total. The Kier molecular flexibility index (Phi) is 4.29. The van der Waals surface area contributed by atoms with Crippen LogP contribution < -0.4 is 15.4 Å². The number of rotatable bonds is 4. The van der Waals surface area contributed by atoms with Crippen molar-refractivity contribution in [1.29, 1.82) is 0 Å². The molecule has 0 aliphatic carbocycles. The maximum Gasteiger partial charge on any atom is 0.315 e. The molecule has 1 saturated heterocycles. The minimum atomic E-state index is -0.150. The highest BCUT2D eigenvalue weighted by atomic mass is 16.5. The van der Waals surface area contributed by atoms with Crippen molar-refractivity contribution in [2.24, 2.45) is 0 Å². The maximum absolute atomic E-state index is 12.2. The predicted octanol–water partition coefficient (Wildman–Crippen LogP) is 2.38. The van der Waals surface area contributed by atoms with E-state index >= 15 is 0 Å². The average molecular weight is 290 g/mol. The smallest absolute Gasteiger partial charge is 0.315 e. The summed E-state index contributed by atoms with van der Waals surface area (Å²) in [6.07, 6.45) is 3.12. The largest absolute Gasteiger partial charge is 0.491 e. The van der Waals surface area contributed by atoms with Gasteiger partial charge in [-0.1, -0.05) is 25.1 Å². The summed E-state index contributed by atoms with van der Waals surface area (Å²) in [7, 11) is 0. The SMILES string of the molecule is CC[C@H](NC(=O)N[C@H]1COc2ccccc21)[C@@H]1CCCO1. The summed E-state index contributed by atoms with van der Waals surface area (Å²) in [6.45, 7) is 3.36. The quantitative estimate of drug-likeness (QED) is 0.895. The van der Waals surface area contributed by atoms with Gasteiger partial charge in [0.05, 0.1) is 18.2 Å². The number of carbonyl (C=O) groups excluding carboxylic acids is 1. The molecule has 0 saturated carbocycles. The second-order valence-electron chi connectivity index (χ2n) is 5.59. The molecule has 3 rings (SSSR count). The zero-order valence-corrected chi connectivity index (χ0v) is 12.3. The van der Waals surface area contributed by atoms with Crippen LogP contribution in [0, 0.1) is 0 Å². The molecule has 1 aromatic carbocycles. The van der Waals surface area contributed by atoms with Crippen molar-refractivity contribution in [1.82, 2.24) is 10.6 Å². The van der Waals surface area contributed by atoms with Crippen molar-refractivity contribution < 1.29 is 14.3 Å². The summed E-state index contributed by atoms with van der Waals surface area (Å²) in [5, 5.41) is 6.03. The van der Waals surface area contributed by atoms with Crippen LogP contribution in [0.15, 0.2) is 24.3 Å². The lowest BCUT2D eigenvalue weighted by Gasteiger charge is -2.24. The summed E-state index contributed by atoms with van der Waals surface area (Å²) >= 11 is 0. The van der Waals surface area contributed by atoms with E-state index in [0.717, 1.165) is 37.2 Å². The van der Waals surface area contributed by atoms with E-state index in [4.69, 9.17) is 9.47 Å². The van der Waals surface area contributed by atoms with Crippen LogP contribution in [0.3, 0.4) is 0 Å². The molecule has 2 amide bonds. The zero-order chi connectivity index (χ0) is 14.7. The first-order valence-corrected chi connectivity index (χ1v) is 7.68. The normalized spacial score (nSPS) is 25.0. The molecule has 21 heavy (non-hydrogen) atoms. The number of urea groups is 1. The fourth-order valence-corrected chi connectivity index (χ4v) is 3.03. The van der Waals surface area contributed by atoms with E-state index in [1.807, 2.05) is 24.3 Å². The second-order valence-corrected chi connectivity index (χ2v) is 5.59. The standard InChI is InChI=1S/C16H22N2O3/c1-2-12(15-8-5-9-20-15)17-16(19)18-13-10-21-14-7-4-3-6-11(13)14/h3-4,6-7,12-13,15H,2,5,8-10H2,1H3,(H2,17,18,19)/t12-,13-,15-/m0/s1. The number of fused-ring (bicyclic) bond motifs is 1. The molecule has 0 aromatic heterocycles. The Bertz CT molecular complexity index is 500. The van der Waals surface area contributed by atoms with E-state index in [1.165, 1.54) is 0 Å². The third-order valence-electron chi connectivity index (χ3n) is 4.18. The van der Waals surface area contributed by atoms with Crippen LogP contribution in [0.1, 0.15) is 37.8 Å². The lowest BCUT2D eigenvalue weighted by atomic mass is 10.1. The van der Waals surface area contributed by atoms with Crippen LogP contribution in [-0.4, -0.2) is 31.4 Å². The van der Waals surface area contributed by atoms with Gasteiger partial charge in [0.2, 0.25) is 0 Å². The van der Waals surface area contributed by atoms with Crippen LogP contribution in [-0.2, 0) is 4.74 Å². The molecule has 1 fully saturated rings. The molecule has 5 heteroatoms. The number of para-hydroxylation sites is 1. The van der Waals surface area contributed by atoms with Gasteiger partial charge in [-0.25, -0.2) is 4.79 Å². The maximum atomic E-state index is 12.2. The van der Waals surface area contributed by atoms with Crippen LogP contribution in [0.25, 0.3) is 0 Å². The van der Waals surface area contributed by atoms with Crippen molar-refractivity contribution >= 4 is 6.03 Å². The van der Waals surface area contributed by atoms with Crippen LogP contribution in [0.5, 0.6) is 5.75 Å². The Morgan fingerprint density at radius 1 is 1.43 bits per heavy atom. The zero-order valence-electron chi connectivity index (χ0n) is 12.3. The number of nitrogens with one attached hydrogen (secondary N) is 2. The molecule has 2 aliphatic rings. The van der Waals surface area contributed by atoms with Gasteiger partial charge in [-0.2, -0.15) is 0 Å². The number of carbonyl (C=O) groups is 1. The van der Waals surface area contributed by atoms with E-state index in [2.05, 4.69) is 17.6 Å². The minimum absolute atomic E-state index is 0.0741. The van der Waals surface area contributed by atoms with E-state index in [9.17, 15) is 4.79 Å². The fraction of sp³-hybridized carbons (Fsp3) is 0.562. The molecule has 2 aliphatic heterocycles. The number of amides is 2. The van der Waals surface area contributed by atoms with Crippen LogP contribution in [0.2, 0.25) is 0 Å². The number of benzene rings is 1. The molecule has 0 radical (unpaired) electrons. The van der Waals surface area contributed by atoms with Gasteiger partial charge in [0.15, 0.2) is 0 Å². The molecule has 5 nitrogen and oxygen atoms in total. The van der Waals surface area contributed by atoms with E-state index in [1.54, 1.807) is 0 Å². The summed E-state index contributed by atoms with van der Waals surface area (Å²) in [6, 6.07) is 7.66. The first-order chi connectivity index (χ1) is 10.3. The number of hydrogen-bond donors (Lipinski definition) is 2. The first kappa shape index (κ1) is 14.2. The monoisotopic (exact) mass is 290 g/mol. The van der Waals surface area contributed by atoms with E-state index in [0.29, 0.717) is 6.61 Å². The van der Waals surface area contributed by atoms with Gasteiger partial charge in [-0.15, -0.1) is 0 Å². The van der Waals surface area contributed by atoms with Gasteiger partial charge in [0.1, 0.15) is 12.4 Å². The number of hydrogen-bond acceptors (Lipinski definition) is 3. The Hall–Kier alpha value is -1.75. The van der Waals surface area contributed by atoms with Crippen molar-refractivity contribution in [3.05, 3.63) is 29.8 Å². The van der Waals surface area contributed by atoms with Gasteiger partial charge in [-0.3, -0.25) is 0 Å². The van der Waals surface area contributed by atoms with Gasteiger partial charge < -0.3 is 20.1 Å². The molecule has 2 heterocycles. The molecular weight excluding hydrogens is 268 g/mol. The molecule has 0 bridgehead atoms. The van der Waals surface area contributed by atoms with Gasteiger partial charge in [0, 0.05) is 12.2 Å². The predicted molar refractivity (Wildman–Crippen MR) is 79.4 cm³/mol. The van der Waals surface area contributed by atoms with Crippen LogP contribution in [0.4, 0.5) is 4.79 Å². The highest BCUT2D eigenvalue weighted by molar-refractivity contribution is 5.75. The Balaban J connectivity index is 1.57. The molecule has 1 aromatic rings. The highest BCUT2D eigenvalue weighted by Gasteiger charge is 2.29. The van der Waals surface area contributed by atoms with E-state index in [-0.39, 0.29) is 24.2 Å². The molecule has 114 valence electrons. The first-order valence-electron chi connectivity index (χ1n) is 7.68. The third-order valence-corrected chi connectivity index (χ3v) is 4.18. The Morgan fingerprint density at radius 2 is 2.29 bits per heavy atom. The number of ether oxygens (including phenoxy) is 2. The molecule has 0 spiro atoms. The van der Waals surface area contributed by atoms with Crippen molar-refractivity contribution in [3.8, 4) is 5.75 Å². The Labute approximate surface area is 125 Å². The summed E-state index contributed by atoms with van der Waals surface area (Å²) in [4.78, 5) is 12.2. The molecule has 0 unspecified atom stereocenters. The van der Waals surface area contributed by atoms with Gasteiger partial charge in [-0.05, 0) is 25.3 Å². The summed E-state index contributed by atoms with van der Waals surface area (Å²) in [5.41, 5.74) is 1.04. The lowest BCUT2D eigenvalue weighted by molar-refractivity contribution is 0.0794. The minimum Gasteiger partial charge on any atom is -0.491 e. The second kappa shape index (κ2) is 6.35. The Morgan fingerprint density at radius 3 is 3.05 bits per heavy atom. The highest BCUT2D eigenvalue weighted by Crippen LogP contribution is 2.31. The van der Waals surface area contributed by atoms with E-state index < -0.39 is 0 Å². The average Bonchev–Trinajstić information content (AvgIpc) is 3.15. The molecule has 3 atom stereocenters. The third kappa shape index (κ3) is 3.13. The van der Waals surface area contributed by atoms with Crippen LogP contribution >= 0.6 is 0 Å². The fourth-order valence-electron chi connectivity index (χ4n) is 3.03. The van der Waals surface area contributed by atoms with Gasteiger partial charge >= 0.3 is 6.03 Å². The van der Waals surface area contributed by atoms with Crippen molar-refractivity contribution in [2.75, 3.05) is 13.2 Å². The summed E-state index contributed by atoms with van der Waals surface area (Å²) < 4.78 is 11.2. The lowest BCUT2D eigenvalue weighted by Crippen LogP contribution is -2.48. The topological polar surface area (TPSA) is 59.6 Å². The van der Waals surface area contributed by atoms with Gasteiger partial charge in [0.25, 0.3) is 0 Å². The van der Waals surface area contributed by atoms with Crippen molar-refractivity contribution in [3.63, 3.8) is 0 Å². The molecular formula is C16H22N2O3. The summed E-state index contributed by atoms with van der Waals surface area (Å²) in [5.74, 6) is 0.856. The van der Waals surface area contributed by atoms with Crippen molar-refractivity contribution in [2.45, 2.75) is 44.4 Å².